The van der Waals surface area contributed by atoms with Gasteiger partial charge in [0.15, 0.2) is 0 Å². The molecule has 1 aromatic carbocycles. The summed E-state index contributed by atoms with van der Waals surface area (Å²) >= 11 is 0. The highest BCUT2D eigenvalue weighted by Gasteiger charge is 2.31. The van der Waals surface area contributed by atoms with Crippen LogP contribution in [0.25, 0.3) is 0 Å². The van der Waals surface area contributed by atoms with Gasteiger partial charge in [-0.05, 0) is 30.7 Å². The van der Waals surface area contributed by atoms with E-state index < -0.39 is 0 Å². The van der Waals surface area contributed by atoms with E-state index in [-0.39, 0.29) is 5.82 Å². The van der Waals surface area contributed by atoms with Gasteiger partial charge in [-0.1, -0.05) is 12.1 Å². The van der Waals surface area contributed by atoms with Crippen LogP contribution in [0.1, 0.15) is 17.9 Å². The van der Waals surface area contributed by atoms with E-state index in [1.165, 1.54) is 12.1 Å². The van der Waals surface area contributed by atoms with Crippen LogP contribution in [0, 0.1) is 11.7 Å². The van der Waals surface area contributed by atoms with Gasteiger partial charge in [-0.2, -0.15) is 0 Å². The fourth-order valence-corrected chi connectivity index (χ4v) is 2.54. The van der Waals surface area contributed by atoms with Gasteiger partial charge >= 0.3 is 0 Å². The SMILES string of the molecule is CN1C[C@H](CC=O)[C@H](c2ccc(F)cc2)C1. The molecule has 0 spiro atoms. The molecule has 0 aromatic heterocycles. The van der Waals surface area contributed by atoms with Crippen molar-refractivity contribution in [2.24, 2.45) is 5.92 Å². The average Bonchev–Trinajstić information content (AvgIpc) is 2.61. The highest BCUT2D eigenvalue weighted by molar-refractivity contribution is 5.50. The second kappa shape index (κ2) is 4.74. The predicted molar refractivity (Wildman–Crippen MR) is 60.8 cm³/mol. The van der Waals surface area contributed by atoms with Crippen LogP contribution in [0.15, 0.2) is 24.3 Å². The van der Waals surface area contributed by atoms with Crippen molar-refractivity contribution in [1.29, 1.82) is 0 Å². The van der Waals surface area contributed by atoms with Gasteiger partial charge in [-0.25, -0.2) is 4.39 Å². The second-order valence-corrected chi connectivity index (χ2v) is 4.54. The highest BCUT2D eigenvalue weighted by Crippen LogP contribution is 2.33. The lowest BCUT2D eigenvalue weighted by molar-refractivity contribution is -0.108. The molecule has 1 aliphatic heterocycles. The van der Waals surface area contributed by atoms with Gasteiger partial charge in [-0.3, -0.25) is 0 Å². The Labute approximate surface area is 95.1 Å². The van der Waals surface area contributed by atoms with Gasteiger partial charge in [0, 0.05) is 25.4 Å². The van der Waals surface area contributed by atoms with E-state index in [1.54, 1.807) is 0 Å². The van der Waals surface area contributed by atoms with Gasteiger partial charge in [0.1, 0.15) is 12.1 Å². The normalized spacial score (nSPS) is 25.9. The van der Waals surface area contributed by atoms with E-state index in [4.69, 9.17) is 0 Å². The zero-order chi connectivity index (χ0) is 11.5. The number of halogens is 1. The van der Waals surface area contributed by atoms with E-state index in [1.807, 2.05) is 12.1 Å². The molecule has 2 atom stereocenters. The lowest BCUT2D eigenvalue weighted by Gasteiger charge is -2.16. The van der Waals surface area contributed by atoms with E-state index >= 15 is 0 Å². The summed E-state index contributed by atoms with van der Waals surface area (Å²) in [4.78, 5) is 12.8. The molecule has 0 radical (unpaired) electrons. The largest absolute Gasteiger partial charge is 0.305 e. The van der Waals surface area contributed by atoms with Gasteiger partial charge in [-0.15, -0.1) is 0 Å². The molecule has 0 amide bonds. The number of aldehydes is 1. The first kappa shape index (κ1) is 11.3. The van der Waals surface area contributed by atoms with E-state index in [0.29, 0.717) is 18.3 Å². The van der Waals surface area contributed by atoms with Gasteiger partial charge in [0.2, 0.25) is 0 Å². The third-order valence-electron chi connectivity index (χ3n) is 3.32. The van der Waals surface area contributed by atoms with Crippen LogP contribution >= 0.6 is 0 Å². The standard InChI is InChI=1S/C13H16FNO/c1-15-8-11(6-7-16)13(9-15)10-2-4-12(14)5-3-10/h2-5,7,11,13H,6,8-9H2,1H3/t11-,13-/m0/s1. The molecule has 0 aliphatic carbocycles. The summed E-state index contributed by atoms with van der Waals surface area (Å²) in [7, 11) is 2.06. The molecule has 2 rings (SSSR count). The number of carbonyl (C=O) groups is 1. The van der Waals surface area contributed by atoms with Crippen molar-refractivity contribution >= 4 is 6.29 Å². The van der Waals surface area contributed by atoms with Gasteiger partial charge < -0.3 is 9.69 Å². The zero-order valence-electron chi connectivity index (χ0n) is 9.40. The summed E-state index contributed by atoms with van der Waals surface area (Å²) < 4.78 is 12.8. The average molecular weight is 221 g/mol. The number of hydrogen-bond acceptors (Lipinski definition) is 2. The summed E-state index contributed by atoms with van der Waals surface area (Å²) in [5.41, 5.74) is 1.14. The molecular weight excluding hydrogens is 205 g/mol. The maximum atomic E-state index is 12.8. The molecule has 1 fully saturated rings. The van der Waals surface area contributed by atoms with Crippen molar-refractivity contribution in [3.05, 3.63) is 35.6 Å². The molecule has 1 heterocycles. The fraction of sp³-hybridized carbons (Fsp3) is 0.462. The first-order valence-electron chi connectivity index (χ1n) is 5.58. The van der Waals surface area contributed by atoms with Crippen LogP contribution in [-0.4, -0.2) is 31.3 Å². The Balaban J connectivity index is 2.18. The minimum absolute atomic E-state index is 0.206. The smallest absolute Gasteiger partial charge is 0.123 e. The molecule has 1 saturated heterocycles. The van der Waals surface area contributed by atoms with Crippen LogP contribution in [0.3, 0.4) is 0 Å². The van der Waals surface area contributed by atoms with Crippen LogP contribution < -0.4 is 0 Å². The summed E-state index contributed by atoms with van der Waals surface area (Å²) in [5.74, 6) is 0.519. The molecule has 3 heteroatoms. The van der Waals surface area contributed by atoms with Gasteiger partial charge in [0.25, 0.3) is 0 Å². The first-order chi connectivity index (χ1) is 7.70. The monoisotopic (exact) mass is 221 g/mol. The Kier molecular flexibility index (Phi) is 3.34. The molecule has 0 bridgehead atoms. The summed E-state index contributed by atoms with van der Waals surface area (Å²) in [6.07, 6.45) is 1.58. The van der Waals surface area contributed by atoms with E-state index in [9.17, 15) is 9.18 Å². The molecule has 16 heavy (non-hydrogen) atoms. The molecule has 0 unspecified atom stereocenters. The minimum Gasteiger partial charge on any atom is -0.305 e. The first-order valence-corrected chi connectivity index (χ1v) is 5.58. The minimum atomic E-state index is -0.206. The third-order valence-corrected chi connectivity index (χ3v) is 3.32. The van der Waals surface area contributed by atoms with E-state index in [2.05, 4.69) is 11.9 Å². The lowest BCUT2D eigenvalue weighted by Crippen LogP contribution is -2.13. The topological polar surface area (TPSA) is 20.3 Å². The molecule has 0 N–H and O–H groups in total. The number of carbonyl (C=O) groups excluding carboxylic acids is 1. The van der Waals surface area contributed by atoms with E-state index in [0.717, 1.165) is 24.9 Å². The zero-order valence-corrected chi connectivity index (χ0v) is 9.40. The Morgan fingerprint density at radius 3 is 2.69 bits per heavy atom. The number of likely N-dealkylation sites (N-methyl/N-ethyl adjacent to an activating group) is 1. The van der Waals surface area contributed by atoms with Crippen LogP contribution in [0.4, 0.5) is 4.39 Å². The fourth-order valence-electron chi connectivity index (χ4n) is 2.54. The van der Waals surface area contributed by atoms with Crippen molar-refractivity contribution in [1.82, 2.24) is 4.90 Å². The molecule has 0 saturated carbocycles. The quantitative estimate of drug-likeness (QED) is 0.728. The number of benzene rings is 1. The van der Waals surface area contributed by atoms with Crippen molar-refractivity contribution in [3.8, 4) is 0 Å². The van der Waals surface area contributed by atoms with Crippen LogP contribution in [0.2, 0.25) is 0 Å². The van der Waals surface area contributed by atoms with Crippen molar-refractivity contribution < 1.29 is 9.18 Å². The highest BCUT2D eigenvalue weighted by atomic mass is 19.1. The Bertz CT molecular complexity index is 363. The lowest BCUT2D eigenvalue weighted by atomic mass is 9.87. The molecule has 1 aliphatic rings. The molecule has 86 valence electrons. The summed E-state index contributed by atoms with van der Waals surface area (Å²) in [6.45, 7) is 1.89. The molecular formula is C13H16FNO. The predicted octanol–water partition coefficient (Wildman–Crippen LogP) is 2.06. The molecule has 2 nitrogen and oxygen atoms in total. The number of nitrogens with zero attached hydrogens (tertiary/aromatic N) is 1. The maximum absolute atomic E-state index is 12.8. The Morgan fingerprint density at radius 1 is 1.38 bits per heavy atom. The third kappa shape index (κ3) is 2.30. The van der Waals surface area contributed by atoms with Crippen molar-refractivity contribution in [3.63, 3.8) is 0 Å². The summed E-state index contributed by atoms with van der Waals surface area (Å²) in [6, 6.07) is 6.64. The number of rotatable bonds is 3. The Hall–Kier alpha value is -1.22. The Morgan fingerprint density at radius 2 is 2.06 bits per heavy atom. The maximum Gasteiger partial charge on any atom is 0.123 e. The molecule has 1 aromatic rings. The van der Waals surface area contributed by atoms with Crippen molar-refractivity contribution in [2.75, 3.05) is 20.1 Å². The second-order valence-electron chi connectivity index (χ2n) is 4.54. The number of hydrogen-bond donors (Lipinski definition) is 0. The van der Waals surface area contributed by atoms with Gasteiger partial charge in [0.05, 0.1) is 0 Å². The number of likely N-dealkylation sites (tertiary alicyclic amines) is 1. The summed E-state index contributed by atoms with van der Waals surface area (Å²) in [5, 5.41) is 0. The van der Waals surface area contributed by atoms with Crippen LogP contribution in [-0.2, 0) is 4.79 Å². The van der Waals surface area contributed by atoms with Crippen molar-refractivity contribution in [2.45, 2.75) is 12.3 Å². The van der Waals surface area contributed by atoms with Crippen LogP contribution in [0.5, 0.6) is 0 Å².